The van der Waals surface area contributed by atoms with Gasteiger partial charge in [0.05, 0.1) is 5.69 Å². The molecule has 0 unspecified atom stereocenters. The Labute approximate surface area is 149 Å². The lowest BCUT2D eigenvalue weighted by Crippen LogP contribution is -2.50. The molecule has 1 aromatic rings. The Bertz CT molecular complexity index is 602. The minimum atomic E-state index is -4.30. The van der Waals surface area contributed by atoms with Crippen molar-refractivity contribution in [3.05, 3.63) is 29.6 Å². The van der Waals surface area contributed by atoms with Gasteiger partial charge in [-0.15, -0.1) is 0 Å². The molecule has 0 atom stereocenters. The van der Waals surface area contributed by atoms with Crippen molar-refractivity contribution >= 4 is 11.7 Å². The molecule has 1 aromatic carbocycles. The summed E-state index contributed by atoms with van der Waals surface area (Å²) < 4.78 is 54.2. The predicted octanol–water partition coefficient (Wildman–Crippen LogP) is 3.25. The first-order valence-electron chi connectivity index (χ1n) is 8.43. The van der Waals surface area contributed by atoms with Crippen molar-refractivity contribution < 1.29 is 27.1 Å². The monoisotopic (exact) mass is 377 g/mol. The number of hydrogen-bond acceptors (Lipinski definition) is 3. The molecule has 1 saturated heterocycles. The molecule has 5 nitrogen and oxygen atoms in total. The van der Waals surface area contributed by atoms with Crippen LogP contribution in [0.5, 0.6) is 0 Å². The summed E-state index contributed by atoms with van der Waals surface area (Å²) in [5, 5.41) is 2.56. The number of piperazine rings is 1. The van der Waals surface area contributed by atoms with E-state index in [4.69, 9.17) is 0 Å². The summed E-state index contributed by atoms with van der Waals surface area (Å²) in [6, 6.07) is 4.24. The van der Waals surface area contributed by atoms with E-state index in [0.717, 1.165) is 5.56 Å². The molecule has 0 radical (unpaired) electrons. The first kappa shape index (κ1) is 20.4. The summed E-state index contributed by atoms with van der Waals surface area (Å²) in [4.78, 5) is 15.9. The average Bonchev–Trinajstić information content (AvgIpc) is 2.56. The van der Waals surface area contributed by atoms with Crippen molar-refractivity contribution in [1.29, 1.82) is 0 Å². The molecule has 9 heteroatoms. The van der Waals surface area contributed by atoms with Crippen LogP contribution in [0.1, 0.15) is 12.0 Å². The van der Waals surface area contributed by atoms with Crippen LogP contribution in [0, 0.1) is 12.7 Å². The zero-order valence-corrected chi connectivity index (χ0v) is 14.6. The van der Waals surface area contributed by atoms with Crippen molar-refractivity contribution in [2.75, 3.05) is 51.3 Å². The Balaban J connectivity index is 1.67. The van der Waals surface area contributed by atoms with Crippen molar-refractivity contribution in [2.45, 2.75) is 19.5 Å². The van der Waals surface area contributed by atoms with E-state index in [2.05, 4.69) is 15.0 Å². The van der Waals surface area contributed by atoms with Gasteiger partial charge in [0.25, 0.3) is 0 Å². The number of alkyl halides is 3. The molecule has 26 heavy (non-hydrogen) atoms. The van der Waals surface area contributed by atoms with Crippen LogP contribution in [0.4, 0.5) is 28.0 Å². The maximum absolute atomic E-state index is 13.8. The number of aryl methyl sites for hydroxylation is 1. The molecule has 0 bridgehead atoms. The Hall–Kier alpha value is -1.87. The maximum atomic E-state index is 13.8. The Morgan fingerprint density at radius 1 is 1.23 bits per heavy atom. The fraction of sp³-hybridized carbons (Fsp3) is 0.588. The SMILES string of the molecule is Cc1ccc(NC(=O)N2CCN(CCCOCC(F)(F)F)CC2)c(F)c1. The molecule has 1 heterocycles. The molecule has 1 aliphatic heterocycles. The van der Waals surface area contributed by atoms with Crippen LogP contribution in [0.2, 0.25) is 0 Å². The van der Waals surface area contributed by atoms with E-state index in [1.54, 1.807) is 17.9 Å². The molecule has 1 aliphatic rings. The van der Waals surface area contributed by atoms with Crippen LogP contribution < -0.4 is 5.32 Å². The first-order valence-corrected chi connectivity index (χ1v) is 8.43. The number of benzene rings is 1. The molecular weight excluding hydrogens is 354 g/mol. The lowest BCUT2D eigenvalue weighted by molar-refractivity contribution is -0.174. The second-order valence-electron chi connectivity index (χ2n) is 6.26. The van der Waals surface area contributed by atoms with Gasteiger partial charge in [-0.3, -0.25) is 4.90 Å². The number of urea groups is 1. The van der Waals surface area contributed by atoms with Gasteiger partial charge >= 0.3 is 12.2 Å². The second kappa shape index (κ2) is 9.18. The van der Waals surface area contributed by atoms with E-state index in [0.29, 0.717) is 39.1 Å². The van der Waals surface area contributed by atoms with Crippen LogP contribution in [0.3, 0.4) is 0 Å². The van der Waals surface area contributed by atoms with Gasteiger partial charge in [0.1, 0.15) is 12.4 Å². The first-order chi connectivity index (χ1) is 12.2. The van der Waals surface area contributed by atoms with Crippen molar-refractivity contribution in [2.24, 2.45) is 0 Å². The lowest BCUT2D eigenvalue weighted by atomic mass is 10.2. The van der Waals surface area contributed by atoms with Crippen molar-refractivity contribution in [3.63, 3.8) is 0 Å². The largest absolute Gasteiger partial charge is 0.411 e. The minimum absolute atomic E-state index is 0.0485. The van der Waals surface area contributed by atoms with E-state index < -0.39 is 18.6 Å². The summed E-state index contributed by atoms with van der Waals surface area (Å²) in [6.45, 7) is 3.38. The van der Waals surface area contributed by atoms with E-state index in [1.165, 1.54) is 12.1 Å². The van der Waals surface area contributed by atoms with Gasteiger partial charge in [0.2, 0.25) is 0 Å². The fourth-order valence-corrected chi connectivity index (χ4v) is 2.67. The standard InChI is InChI=1S/C17H23F4N3O2/c1-13-3-4-15(14(18)11-13)22-16(25)24-8-6-23(7-9-24)5-2-10-26-12-17(19,20)21/h3-4,11H,2,5-10,12H2,1H3,(H,22,25). The third-order valence-corrected chi connectivity index (χ3v) is 4.05. The molecule has 2 amide bonds. The van der Waals surface area contributed by atoms with Crippen LogP contribution in [-0.2, 0) is 4.74 Å². The Morgan fingerprint density at radius 2 is 1.92 bits per heavy atom. The smallest absolute Gasteiger partial charge is 0.372 e. The molecule has 1 N–H and O–H groups in total. The maximum Gasteiger partial charge on any atom is 0.411 e. The molecule has 146 valence electrons. The predicted molar refractivity (Wildman–Crippen MR) is 89.7 cm³/mol. The Kier molecular flexibility index (Phi) is 7.22. The number of rotatable bonds is 6. The van der Waals surface area contributed by atoms with Gasteiger partial charge in [-0.25, -0.2) is 9.18 Å². The van der Waals surface area contributed by atoms with Crippen molar-refractivity contribution in [3.8, 4) is 0 Å². The molecule has 1 fully saturated rings. The highest BCUT2D eigenvalue weighted by molar-refractivity contribution is 5.89. The molecule has 0 saturated carbocycles. The number of halogens is 4. The average molecular weight is 377 g/mol. The van der Waals surface area contributed by atoms with Crippen LogP contribution in [0.25, 0.3) is 0 Å². The highest BCUT2D eigenvalue weighted by Gasteiger charge is 2.27. The molecular formula is C17H23F4N3O2. The highest BCUT2D eigenvalue weighted by Crippen LogP contribution is 2.17. The molecule has 0 aliphatic carbocycles. The van der Waals surface area contributed by atoms with Gasteiger partial charge in [0, 0.05) is 39.3 Å². The lowest BCUT2D eigenvalue weighted by Gasteiger charge is -2.34. The summed E-state index contributed by atoms with van der Waals surface area (Å²) in [5.74, 6) is -0.476. The topological polar surface area (TPSA) is 44.8 Å². The van der Waals surface area contributed by atoms with Crippen molar-refractivity contribution in [1.82, 2.24) is 9.80 Å². The zero-order chi connectivity index (χ0) is 19.2. The number of carbonyl (C=O) groups is 1. The van der Waals surface area contributed by atoms with Gasteiger partial charge in [0.15, 0.2) is 0 Å². The second-order valence-corrected chi connectivity index (χ2v) is 6.26. The van der Waals surface area contributed by atoms with Crippen LogP contribution in [0.15, 0.2) is 18.2 Å². The number of ether oxygens (including phenoxy) is 1. The third kappa shape index (κ3) is 6.80. The van der Waals surface area contributed by atoms with E-state index in [9.17, 15) is 22.4 Å². The molecule has 0 spiro atoms. The highest BCUT2D eigenvalue weighted by atomic mass is 19.4. The van der Waals surface area contributed by atoms with Gasteiger partial charge in [-0.1, -0.05) is 6.07 Å². The van der Waals surface area contributed by atoms with Crippen LogP contribution >= 0.6 is 0 Å². The van der Waals surface area contributed by atoms with Crippen LogP contribution in [-0.4, -0.2) is 67.9 Å². The summed E-state index contributed by atoms with van der Waals surface area (Å²) in [7, 11) is 0. The van der Waals surface area contributed by atoms with Gasteiger partial charge < -0.3 is 15.0 Å². The van der Waals surface area contributed by atoms with E-state index in [1.807, 2.05) is 0 Å². The normalized spacial score (nSPS) is 16.0. The summed E-state index contributed by atoms with van der Waals surface area (Å²) in [6.07, 6.45) is -3.80. The van der Waals surface area contributed by atoms with E-state index >= 15 is 0 Å². The number of anilines is 1. The zero-order valence-electron chi connectivity index (χ0n) is 14.6. The van der Waals surface area contributed by atoms with E-state index in [-0.39, 0.29) is 18.3 Å². The summed E-state index contributed by atoms with van der Waals surface area (Å²) in [5.41, 5.74) is 0.915. The fourth-order valence-electron chi connectivity index (χ4n) is 2.67. The number of amides is 2. The number of carbonyl (C=O) groups excluding carboxylic acids is 1. The number of nitrogens with zero attached hydrogens (tertiary/aromatic N) is 2. The number of nitrogens with one attached hydrogen (secondary N) is 1. The molecule has 0 aromatic heterocycles. The minimum Gasteiger partial charge on any atom is -0.372 e. The molecule has 2 rings (SSSR count). The van der Waals surface area contributed by atoms with Gasteiger partial charge in [-0.2, -0.15) is 13.2 Å². The third-order valence-electron chi connectivity index (χ3n) is 4.05. The Morgan fingerprint density at radius 3 is 2.54 bits per heavy atom. The number of hydrogen-bond donors (Lipinski definition) is 1. The van der Waals surface area contributed by atoms with Gasteiger partial charge in [-0.05, 0) is 31.0 Å². The quantitative estimate of drug-likeness (QED) is 0.611. The summed E-state index contributed by atoms with van der Waals surface area (Å²) >= 11 is 0.